The van der Waals surface area contributed by atoms with E-state index in [1.807, 2.05) is 31.2 Å². The van der Waals surface area contributed by atoms with Crippen LogP contribution in [-0.4, -0.2) is 38.4 Å². The molecule has 0 saturated carbocycles. The van der Waals surface area contributed by atoms with E-state index in [1.54, 1.807) is 6.92 Å². The minimum atomic E-state index is -0.236. The molecule has 0 fully saturated rings. The van der Waals surface area contributed by atoms with Gasteiger partial charge in [0.2, 0.25) is 11.7 Å². The van der Waals surface area contributed by atoms with Crippen LogP contribution in [0.5, 0.6) is 5.75 Å². The van der Waals surface area contributed by atoms with Crippen LogP contribution in [0.25, 0.3) is 11.4 Å². The van der Waals surface area contributed by atoms with Crippen LogP contribution in [0.15, 0.2) is 38.7 Å². The largest absolute Gasteiger partial charge is 0.494 e. The number of hydrogen-bond donors (Lipinski definition) is 2. The molecule has 0 bridgehead atoms. The standard InChI is InChI=1S/C18H20N4O4S/c1-3-25-13-6-4-12(5-7-13)16-20-15(26-22-16)10-27-18-19-11(2)14(8-9-23)17(24)21-18/h4-7,23H,3,8-10H2,1-2H3,(H,19,21,24). The summed E-state index contributed by atoms with van der Waals surface area (Å²) in [4.78, 5) is 23.5. The number of aromatic nitrogens is 4. The molecule has 9 heteroatoms. The SMILES string of the molecule is CCOc1ccc(-c2noc(CSc3nc(C)c(CCO)c(=O)[nH]3)n2)cc1. The van der Waals surface area contributed by atoms with Crippen LogP contribution in [0, 0.1) is 6.92 Å². The van der Waals surface area contributed by atoms with Gasteiger partial charge < -0.3 is 19.4 Å². The first-order valence-corrected chi connectivity index (χ1v) is 9.48. The second kappa shape index (κ2) is 8.83. The molecule has 142 valence electrons. The van der Waals surface area contributed by atoms with E-state index in [9.17, 15) is 4.79 Å². The number of aryl methyl sites for hydroxylation is 1. The van der Waals surface area contributed by atoms with Crippen LogP contribution in [0.1, 0.15) is 24.1 Å². The minimum absolute atomic E-state index is 0.0889. The molecule has 0 aliphatic rings. The highest BCUT2D eigenvalue weighted by atomic mass is 32.2. The molecular formula is C18H20N4O4S. The molecule has 0 spiro atoms. The summed E-state index contributed by atoms with van der Waals surface area (Å²) in [6.45, 7) is 4.20. The fourth-order valence-corrected chi connectivity index (χ4v) is 3.23. The predicted octanol–water partition coefficient (Wildman–Crippen LogP) is 2.35. The van der Waals surface area contributed by atoms with E-state index < -0.39 is 0 Å². The van der Waals surface area contributed by atoms with E-state index in [0.717, 1.165) is 11.3 Å². The Hall–Kier alpha value is -2.65. The monoisotopic (exact) mass is 388 g/mol. The number of rotatable bonds is 8. The maximum absolute atomic E-state index is 12.0. The number of hydrogen-bond acceptors (Lipinski definition) is 8. The van der Waals surface area contributed by atoms with Gasteiger partial charge in [-0.2, -0.15) is 4.98 Å². The summed E-state index contributed by atoms with van der Waals surface area (Å²) in [5.74, 6) is 2.09. The van der Waals surface area contributed by atoms with Crippen LogP contribution < -0.4 is 10.3 Å². The molecule has 0 atom stereocenters. The number of benzene rings is 1. The number of nitrogens with one attached hydrogen (secondary N) is 1. The molecular weight excluding hydrogens is 368 g/mol. The van der Waals surface area contributed by atoms with Crippen molar-refractivity contribution >= 4 is 11.8 Å². The number of aliphatic hydroxyl groups is 1. The Kier molecular flexibility index (Phi) is 6.25. The molecule has 2 N–H and O–H groups in total. The van der Waals surface area contributed by atoms with Crippen LogP contribution in [0.4, 0.5) is 0 Å². The van der Waals surface area contributed by atoms with Gasteiger partial charge in [-0.3, -0.25) is 4.79 Å². The molecule has 3 rings (SSSR count). The molecule has 3 aromatic rings. The molecule has 8 nitrogen and oxygen atoms in total. The third-order valence-corrected chi connectivity index (χ3v) is 4.64. The molecule has 0 radical (unpaired) electrons. The highest BCUT2D eigenvalue weighted by Gasteiger charge is 2.12. The maximum Gasteiger partial charge on any atom is 0.255 e. The summed E-state index contributed by atoms with van der Waals surface area (Å²) in [5, 5.41) is 13.5. The minimum Gasteiger partial charge on any atom is -0.494 e. The van der Waals surface area contributed by atoms with Gasteiger partial charge in [0.1, 0.15) is 5.75 Å². The molecule has 0 aliphatic carbocycles. The average molecular weight is 388 g/mol. The Morgan fingerprint density at radius 1 is 1.26 bits per heavy atom. The van der Waals surface area contributed by atoms with Gasteiger partial charge in [-0.1, -0.05) is 16.9 Å². The van der Waals surface area contributed by atoms with Crippen molar-refractivity contribution in [2.45, 2.75) is 31.2 Å². The summed E-state index contributed by atoms with van der Waals surface area (Å²) in [7, 11) is 0. The van der Waals surface area contributed by atoms with E-state index in [4.69, 9.17) is 14.4 Å². The third kappa shape index (κ3) is 4.75. The van der Waals surface area contributed by atoms with Crippen molar-refractivity contribution in [1.82, 2.24) is 20.1 Å². The van der Waals surface area contributed by atoms with Crippen LogP contribution in [-0.2, 0) is 12.2 Å². The summed E-state index contributed by atoms with van der Waals surface area (Å²) in [6, 6.07) is 7.45. The maximum atomic E-state index is 12.0. The highest BCUT2D eigenvalue weighted by molar-refractivity contribution is 7.98. The topological polar surface area (TPSA) is 114 Å². The van der Waals surface area contributed by atoms with Crippen LogP contribution >= 0.6 is 11.8 Å². The first-order chi connectivity index (χ1) is 13.1. The fraction of sp³-hybridized carbons (Fsp3) is 0.333. The number of thioether (sulfide) groups is 1. The van der Waals surface area contributed by atoms with Gasteiger partial charge in [0.25, 0.3) is 5.56 Å². The molecule has 1 aromatic carbocycles. The Bertz CT molecular complexity index is 953. The van der Waals surface area contributed by atoms with Gasteiger partial charge in [-0.25, -0.2) is 4.98 Å². The zero-order valence-electron chi connectivity index (χ0n) is 15.1. The van der Waals surface area contributed by atoms with E-state index >= 15 is 0 Å². The highest BCUT2D eigenvalue weighted by Crippen LogP contribution is 2.23. The number of nitrogens with zero attached hydrogens (tertiary/aromatic N) is 3. The molecule has 2 heterocycles. The van der Waals surface area contributed by atoms with Crippen molar-refractivity contribution in [1.29, 1.82) is 0 Å². The van der Waals surface area contributed by atoms with Crippen molar-refractivity contribution in [3.63, 3.8) is 0 Å². The van der Waals surface area contributed by atoms with Crippen molar-refractivity contribution in [3.8, 4) is 17.1 Å². The number of ether oxygens (including phenoxy) is 1. The van der Waals surface area contributed by atoms with Gasteiger partial charge in [0.15, 0.2) is 5.16 Å². The summed E-state index contributed by atoms with van der Waals surface area (Å²) in [6.07, 6.45) is 0.286. The summed E-state index contributed by atoms with van der Waals surface area (Å²) in [5.41, 5.74) is 1.70. The normalized spacial score (nSPS) is 10.9. The fourth-order valence-electron chi connectivity index (χ4n) is 2.49. The Labute approximate surface area is 160 Å². The first kappa shape index (κ1) is 19.1. The lowest BCUT2D eigenvalue weighted by atomic mass is 10.2. The zero-order valence-corrected chi connectivity index (χ0v) is 15.9. The van der Waals surface area contributed by atoms with E-state index in [2.05, 4.69) is 20.1 Å². The summed E-state index contributed by atoms with van der Waals surface area (Å²) < 4.78 is 10.7. The lowest BCUT2D eigenvalue weighted by molar-refractivity contribution is 0.298. The van der Waals surface area contributed by atoms with Gasteiger partial charge in [0.05, 0.1) is 12.4 Å². The van der Waals surface area contributed by atoms with Crippen LogP contribution in [0.3, 0.4) is 0 Å². The second-order valence-corrected chi connectivity index (χ2v) is 6.63. The van der Waals surface area contributed by atoms with Crippen molar-refractivity contribution in [2.24, 2.45) is 0 Å². The van der Waals surface area contributed by atoms with Gasteiger partial charge in [-0.15, -0.1) is 0 Å². The van der Waals surface area contributed by atoms with E-state index in [-0.39, 0.29) is 18.6 Å². The molecule has 2 aromatic heterocycles. The van der Waals surface area contributed by atoms with Crippen molar-refractivity contribution in [2.75, 3.05) is 13.2 Å². The number of H-pyrrole nitrogens is 1. The van der Waals surface area contributed by atoms with Crippen LogP contribution in [0.2, 0.25) is 0 Å². The third-order valence-electron chi connectivity index (χ3n) is 3.79. The molecule has 0 amide bonds. The van der Waals surface area contributed by atoms with Gasteiger partial charge in [-0.05, 0) is 38.1 Å². The Morgan fingerprint density at radius 3 is 2.70 bits per heavy atom. The predicted molar refractivity (Wildman–Crippen MR) is 101 cm³/mol. The van der Waals surface area contributed by atoms with Crippen molar-refractivity contribution < 1.29 is 14.4 Å². The number of aliphatic hydroxyl groups excluding tert-OH is 1. The van der Waals surface area contributed by atoms with Crippen molar-refractivity contribution in [3.05, 3.63) is 51.8 Å². The number of aromatic amines is 1. The summed E-state index contributed by atoms with van der Waals surface area (Å²) >= 11 is 1.30. The first-order valence-electron chi connectivity index (χ1n) is 8.50. The lowest BCUT2D eigenvalue weighted by Gasteiger charge is -2.04. The molecule has 0 saturated heterocycles. The molecule has 0 aliphatic heterocycles. The lowest BCUT2D eigenvalue weighted by Crippen LogP contribution is -2.18. The van der Waals surface area contributed by atoms with Gasteiger partial charge >= 0.3 is 0 Å². The zero-order chi connectivity index (χ0) is 19.2. The second-order valence-electron chi connectivity index (χ2n) is 5.67. The molecule has 0 unspecified atom stereocenters. The Morgan fingerprint density at radius 2 is 2.04 bits per heavy atom. The van der Waals surface area contributed by atoms with E-state index in [1.165, 1.54) is 11.8 Å². The smallest absolute Gasteiger partial charge is 0.255 e. The quantitative estimate of drug-likeness (QED) is 0.446. The average Bonchev–Trinajstić information content (AvgIpc) is 3.13. The Balaban J connectivity index is 1.67. The van der Waals surface area contributed by atoms with E-state index in [0.29, 0.717) is 40.5 Å². The van der Waals surface area contributed by atoms with Gasteiger partial charge in [0, 0.05) is 29.8 Å². The molecule has 27 heavy (non-hydrogen) atoms.